The lowest BCUT2D eigenvalue weighted by molar-refractivity contribution is -0.147. The molecule has 0 saturated carbocycles. The number of hydrogen-bond acceptors (Lipinski definition) is 5. The molecule has 7 heteroatoms. The molecule has 1 heterocycles. The van der Waals surface area contributed by atoms with Gasteiger partial charge in [0.25, 0.3) is 0 Å². The number of amides is 1. The standard InChI is InChI=1S/C15H27NO6/c1-10-6-12(21-9-13(17)18)7-11(8-20-5)16(10)14(19)22-15(2,3)4/h10-12H,6-9H2,1-5H3,(H,17,18)/t10-,11-,12+/m1/s1. The number of methoxy groups -OCH3 is 1. The largest absolute Gasteiger partial charge is 0.480 e. The highest BCUT2D eigenvalue weighted by Crippen LogP contribution is 2.27. The summed E-state index contributed by atoms with van der Waals surface area (Å²) in [5.74, 6) is -0.995. The van der Waals surface area contributed by atoms with E-state index in [0.29, 0.717) is 19.4 Å². The Balaban J connectivity index is 2.76. The minimum absolute atomic E-state index is 0.109. The van der Waals surface area contributed by atoms with Crippen LogP contribution in [0.2, 0.25) is 0 Å². The van der Waals surface area contributed by atoms with E-state index in [9.17, 15) is 9.59 Å². The number of carbonyl (C=O) groups excluding carboxylic acids is 1. The van der Waals surface area contributed by atoms with Gasteiger partial charge in [0.1, 0.15) is 12.2 Å². The van der Waals surface area contributed by atoms with E-state index in [1.54, 1.807) is 12.0 Å². The fourth-order valence-corrected chi connectivity index (χ4v) is 2.68. The number of carboxylic acids is 1. The highest BCUT2D eigenvalue weighted by molar-refractivity contribution is 5.69. The van der Waals surface area contributed by atoms with Crippen LogP contribution in [0, 0.1) is 0 Å². The van der Waals surface area contributed by atoms with E-state index in [4.69, 9.17) is 19.3 Å². The Morgan fingerprint density at radius 2 is 1.91 bits per heavy atom. The summed E-state index contributed by atoms with van der Waals surface area (Å²) >= 11 is 0. The molecule has 7 nitrogen and oxygen atoms in total. The van der Waals surface area contributed by atoms with Crippen molar-refractivity contribution in [1.82, 2.24) is 4.90 Å². The lowest BCUT2D eigenvalue weighted by Gasteiger charge is -2.43. The molecule has 0 unspecified atom stereocenters. The lowest BCUT2D eigenvalue weighted by atomic mass is 9.94. The van der Waals surface area contributed by atoms with Crippen LogP contribution in [0.1, 0.15) is 40.5 Å². The third-order valence-corrected chi connectivity index (χ3v) is 3.41. The van der Waals surface area contributed by atoms with Crippen LogP contribution >= 0.6 is 0 Å². The van der Waals surface area contributed by atoms with Gasteiger partial charge in [-0.15, -0.1) is 0 Å². The Bertz CT molecular complexity index is 392. The van der Waals surface area contributed by atoms with Gasteiger partial charge in [-0.3, -0.25) is 0 Å². The van der Waals surface area contributed by atoms with Gasteiger partial charge in [0.05, 0.1) is 18.8 Å². The molecule has 0 bridgehead atoms. The van der Waals surface area contributed by atoms with Crippen LogP contribution in [-0.4, -0.2) is 66.2 Å². The van der Waals surface area contributed by atoms with Gasteiger partial charge in [0.15, 0.2) is 0 Å². The van der Waals surface area contributed by atoms with Gasteiger partial charge >= 0.3 is 12.1 Å². The van der Waals surface area contributed by atoms with Crippen molar-refractivity contribution in [2.75, 3.05) is 20.3 Å². The van der Waals surface area contributed by atoms with Crippen LogP contribution < -0.4 is 0 Å². The van der Waals surface area contributed by atoms with E-state index < -0.39 is 11.6 Å². The van der Waals surface area contributed by atoms with Crippen molar-refractivity contribution in [3.63, 3.8) is 0 Å². The number of hydrogen-bond donors (Lipinski definition) is 1. The van der Waals surface area contributed by atoms with Crippen molar-refractivity contribution >= 4 is 12.1 Å². The summed E-state index contributed by atoms with van der Waals surface area (Å²) < 4.78 is 16.0. The van der Waals surface area contributed by atoms with Gasteiger partial charge in [-0.2, -0.15) is 0 Å². The summed E-state index contributed by atoms with van der Waals surface area (Å²) in [6.07, 6.45) is 0.529. The fraction of sp³-hybridized carbons (Fsp3) is 0.867. The van der Waals surface area contributed by atoms with E-state index in [0.717, 1.165) is 0 Å². The molecule has 128 valence electrons. The highest BCUT2D eigenvalue weighted by Gasteiger charge is 2.39. The molecule has 1 aliphatic rings. The average molecular weight is 317 g/mol. The molecule has 1 saturated heterocycles. The van der Waals surface area contributed by atoms with E-state index in [1.165, 1.54) is 0 Å². The van der Waals surface area contributed by atoms with Crippen molar-refractivity contribution < 1.29 is 28.9 Å². The summed E-state index contributed by atoms with van der Waals surface area (Å²) in [4.78, 5) is 24.7. The Morgan fingerprint density at radius 3 is 2.41 bits per heavy atom. The van der Waals surface area contributed by atoms with Gasteiger partial charge in [-0.1, -0.05) is 0 Å². The van der Waals surface area contributed by atoms with Crippen molar-refractivity contribution in [1.29, 1.82) is 0 Å². The van der Waals surface area contributed by atoms with Gasteiger partial charge < -0.3 is 24.2 Å². The second-order valence-electron chi connectivity index (χ2n) is 6.64. The number of ether oxygens (including phenoxy) is 3. The summed E-state index contributed by atoms with van der Waals surface area (Å²) in [5.41, 5.74) is -0.564. The molecule has 0 aliphatic carbocycles. The predicted molar refractivity (Wildman–Crippen MR) is 79.8 cm³/mol. The van der Waals surface area contributed by atoms with E-state index in [-0.39, 0.29) is 30.9 Å². The zero-order valence-corrected chi connectivity index (χ0v) is 14.0. The Morgan fingerprint density at radius 1 is 1.27 bits per heavy atom. The predicted octanol–water partition coefficient (Wildman–Crippen LogP) is 1.89. The summed E-state index contributed by atoms with van der Waals surface area (Å²) in [6, 6.07) is -0.301. The van der Waals surface area contributed by atoms with Gasteiger partial charge in [-0.25, -0.2) is 9.59 Å². The maximum Gasteiger partial charge on any atom is 0.410 e. The highest BCUT2D eigenvalue weighted by atomic mass is 16.6. The summed E-state index contributed by atoms with van der Waals surface area (Å²) in [7, 11) is 1.57. The first-order valence-electron chi connectivity index (χ1n) is 7.47. The third-order valence-electron chi connectivity index (χ3n) is 3.41. The third kappa shape index (κ3) is 5.81. The van der Waals surface area contributed by atoms with Crippen LogP contribution in [0.3, 0.4) is 0 Å². The van der Waals surface area contributed by atoms with E-state index in [1.807, 2.05) is 27.7 Å². The molecule has 1 amide bonds. The SMILES string of the molecule is COC[C@H]1C[C@@H](OCC(=O)O)C[C@@H](C)N1C(=O)OC(C)(C)C. The number of nitrogens with zero attached hydrogens (tertiary/aromatic N) is 1. The number of rotatable bonds is 5. The topological polar surface area (TPSA) is 85.3 Å². The van der Waals surface area contributed by atoms with Crippen LogP contribution in [0.5, 0.6) is 0 Å². The van der Waals surface area contributed by atoms with Crippen LogP contribution in [0.25, 0.3) is 0 Å². The fourth-order valence-electron chi connectivity index (χ4n) is 2.68. The molecule has 1 N–H and O–H groups in total. The molecule has 0 aromatic rings. The number of piperidine rings is 1. The zero-order chi connectivity index (χ0) is 16.9. The average Bonchev–Trinajstić information content (AvgIpc) is 2.34. The number of carboxylic acid groups (broad SMARTS) is 1. The summed E-state index contributed by atoms with van der Waals surface area (Å²) in [6.45, 7) is 7.40. The minimum Gasteiger partial charge on any atom is -0.480 e. The molecule has 1 fully saturated rings. The van der Waals surface area contributed by atoms with Crippen LogP contribution in [-0.2, 0) is 19.0 Å². The first-order valence-corrected chi connectivity index (χ1v) is 7.47. The first-order chi connectivity index (χ1) is 10.1. The molecule has 0 radical (unpaired) electrons. The van der Waals surface area contributed by atoms with Crippen molar-refractivity contribution in [2.24, 2.45) is 0 Å². The Kier molecular flexibility index (Phi) is 6.62. The monoisotopic (exact) mass is 317 g/mol. The number of likely N-dealkylation sites (tertiary alicyclic amines) is 1. The van der Waals surface area contributed by atoms with Gasteiger partial charge in [0.2, 0.25) is 0 Å². The van der Waals surface area contributed by atoms with E-state index in [2.05, 4.69) is 0 Å². The molecule has 22 heavy (non-hydrogen) atoms. The number of carbonyl (C=O) groups is 2. The molecular weight excluding hydrogens is 290 g/mol. The van der Waals surface area contributed by atoms with Crippen molar-refractivity contribution in [2.45, 2.75) is 64.3 Å². The maximum atomic E-state index is 12.4. The molecule has 3 atom stereocenters. The normalized spacial score (nSPS) is 25.9. The van der Waals surface area contributed by atoms with Crippen LogP contribution in [0.15, 0.2) is 0 Å². The molecule has 1 rings (SSSR count). The van der Waals surface area contributed by atoms with Crippen molar-refractivity contribution in [3.8, 4) is 0 Å². The zero-order valence-electron chi connectivity index (χ0n) is 14.0. The molecule has 1 aliphatic heterocycles. The lowest BCUT2D eigenvalue weighted by Crippen LogP contribution is -2.55. The summed E-state index contributed by atoms with van der Waals surface area (Å²) in [5, 5.41) is 8.71. The van der Waals surface area contributed by atoms with Crippen LogP contribution in [0.4, 0.5) is 4.79 Å². The number of aliphatic carboxylic acids is 1. The minimum atomic E-state index is -0.995. The first kappa shape index (κ1) is 18.7. The molecule has 0 aromatic heterocycles. The quantitative estimate of drug-likeness (QED) is 0.833. The molecule has 0 spiro atoms. The van der Waals surface area contributed by atoms with Gasteiger partial charge in [0, 0.05) is 13.2 Å². The Hall–Kier alpha value is -1.34. The molecule has 0 aromatic carbocycles. The molecular formula is C15H27NO6. The smallest absolute Gasteiger partial charge is 0.410 e. The second kappa shape index (κ2) is 7.78. The van der Waals surface area contributed by atoms with Crippen molar-refractivity contribution in [3.05, 3.63) is 0 Å². The van der Waals surface area contributed by atoms with E-state index >= 15 is 0 Å². The second-order valence-corrected chi connectivity index (χ2v) is 6.64. The maximum absolute atomic E-state index is 12.4. The Labute approximate surface area is 131 Å². The van der Waals surface area contributed by atoms with Gasteiger partial charge in [-0.05, 0) is 40.5 Å².